The summed E-state index contributed by atoms with van der Waals surface area (Å²) in [6.07, 6.45) is 5.37. The van der Waals surface area contributed by atoms with Gasteiger partial charge in [-0.15, -0.1) is 6.42 Å². The van der Waals surface area contributed by atoms with Crippen LogP contribution < -0.4 is 5.32 Å². The first kappa shape index (κ1) is 11.9. The van der Waals surface area contributed by atoms with Crippen LogP contribution in [0.5, 0.6) is 0 Å². The molecule has 92 valence electrons. The third kappa shape index (κ3) is 2.25. The van der Waals surface area contributed by atoms with Crippen molar-refractivity contribution in [1.29, 1.82) is 0 Å². The molecule has 2 N–H and O–H groups in total. The lowest BCUT2D eigenvalue weighted by Gasteiger charge is -2.18. The first-order valence-electron chi connectivity index (χ1n) is 5.31. The standard InChI is InChI=1S/C12H12N4O2/c1-4-12(2,3)15-11-13-9-6-5-8(16(17)18)7-10(9)14-11/h1,5-7H,2-3H3,(H2,13,14,15). The highest BCUT2D eigenvalue weighted by Gasteiger charge is 2.16. The van der Waals surface area contributed by atoms with Crippen molar-refractivity contribution in [2.45, 2.75) is 19.4 Å². The Kier molecular flexibility index (Phi) is 2.67. The van der Waals surface area contributed by atoms with Crippen molar-refractivity contribution in [3.8, 4) is 12.3 Å². The van der Waals surface area contributed by atoms with Crippen LogP contribution in [-0.4, -0.2) is 20.4 Å². The summed E-state index contributed by atoms with van der Waals surface area (Å²) in [5.74, 6) is 3.08. The number of benzene rings is 1. The van der Waals surface area contributed by atoms with Gasteiger partial charge in [-0.25, -0.2) is 4.98 Å². The first-order chi connectivity index (χ1) is 8.41. The summed E-state index contributed by atoms with van der Waals surface area (Å²) < 4.78 is 0. The third-order valence-electron chi connectivity index (χ3n) is 2.47. The molecular formula is C12H12N4O2. The zero-order chi connectivity index (χ0) is 13.3. The normalized spacial score (nSPS) is 11.2. The Morgan fingerprint density at radius 1 is 1.56 bits per heavy atom. The van der Waals surface area contributed by atoms with Crippen molar-refractivity contribution < 1.29 is 4.92 Å². The predicted molar refractivity (Wildman–Crippen MR) is 69.3 cm³/mol. The average Bonchev–Trinajstić information content (AvgIpc) is 2.68. The molecule has 0 fully saturated rings. The Balaban J connectivity index is 2.39. The predicted octanol–water partition coefficient (Wildman–Crippen LogP) is 2.29. The maximum absolute atomic E-state index is 10.7. The van der Waals surface area contributed by atoms with Gasteiger partial charge in [0.25, 0.3) is 5.69 Å². The molecule has 0 aliphatic carbocycles. The molecule has 6 heteroatoms. The Hall–Kier alpha value is -2.55. The van der Waals surface area contributed by atoms with Crippen molar-refractivity contribution in [1.82, 2.24) is 9.97 Å². The second-order valence-corrected chi connectivity index (χ2v) is 4.44. The molecule has 0 atom stereocenters. The number of aromatic nitrogens is 2. The monoisotopic (exact) mass is 244 g/mol. The topological polar surface area (TPSA) is 83.8 Å². The molecule has 2 aromatic rings. The van der Waals surface area contributed by atoms with Crippen molar-refractivity contribution in [2.24, 2.45) is 0 Å². The number of imidazole rings is 1. The summed E-state index contributed by atoms with van der Waals surface area (Å²) in [6.45, 7) is 3.67. The molecule has 0 amide bonds. The van der Waals surface area contributed by atoms with E-state index in [4.69, 9.17) is 6.42 Å². The molecule has 0 unspecified atom stereocenters. The second kappa shape index (κ2) is 4.04. The molecule has 0 aliphatic rings. The number of fused-ring (bicyclic) bond motifs is 1. The van der Waals surface area contributed by atoms with Gasteiger partial charge < -0.3 is 10.3 Å². The summed E-state index contributed by atoms with van der Waals surface area (Å²) in [5, 5.41) is 13.7. The highest BCUT2D eigenvalue weighted by atomic mass is 16.6. The number of H-pyrrole nitrogens is 1. The molecule has 0 spiro atoms. The minimum absolute atomic E-state index is 0.0221. The summed E-state index contributed by atoms with van der Waals surface area (Å²) in [6, 6.07) is 4.45. The number of hydrogen-bond acceptors (Lipinski definition) is 4. The van der Waals surface area contributed by atoms with E-state index in [1.54, 1.807) is 6.07 Å². The van der Waals surface area contributed by atoms with E-state index in [1.807, 2.05) is 13.8 Å². The average molecular weight is 244 g/mol. The van der Waals surface area contributed by atoms with Crippen molar-refractivity contribution >= 4 is 22.7 Å². The van der Waals surface area contributed by atoms with E-state index < -0.39 is 10.5 Å². The molecule has 6 nitrogen and oxygen atoms in total. The largest absolute Gasteiger partial charge is 0.340 e. The van der Waals surface area contributed by atoms with E-state index in [0.29, 0.717) is 17.0 Å². The quantitative estimate of drug-likeness (QED) is 0.493. The number of nitro groups is 1. The highest BCUT2D eigenvalue weighted by Crippen LogP contribution is 2.21. The zero-order valence-electron chi connectivity index (χ0n) is 10.0. The number of aromatic amines is 1. The van der Waals surface area contributed by atoms with Crippen LogP contribution in [0.15, 0.2) is 18.2 Å². The molecule has 1 aromatic carbocycles. The van der Waals surface area contributed by atoms with Crippen LogP contribution in [0.4, 0.5) is 11.6 Å². The van der Waals surface area contributed by atoms with E-state index in [0.717, 1.165) is 0 Å². The van der Waals surface area contributed by atoms with E-state index in [1.165, 1.54) is 12.1 Å². The molecule has 0 saturated carbocycles. The molecule has 0 aliphatic heterocycles. The Labute approximate surface area is 104 Å². The van der Waals surface area contributed by atoms with Gasteiger partial charge in [-0.05, 0) is 19.9 Å². The third-order valence-corrected chi connectivity index (χ3v) is 2.47. The molecule has 0 bridgehead atoms. The fourth-order valence-corrected chi connectivity index (χ4v) is 1.50. The number of hydrogen-bond donors (Lipinski definition) is 2. The molecule has 1 heterocycles. The maximum Gasteiger partial charge on any atom is 0.271 e. The highest BCUT2D eigenvalue weighted by molar-refractivity contribution is 5.80. The molecular weight excluding hydrogens is 232 g/mol. The van der Waals surface area contributed by atoms with Crippen molar-refractivity contribution in [2.75, 3.05) is 5.32 Å². The molecule has 1 aromatic heterocycles. The minimum atomic E-state index is -0.542. The summed E-state index contributed by atoms with van der Waals surface area (Å²) >= 11 is 0. The molecule has 18 heavy (non-hydrogen) atoms. The van der Waals surface area contributed by atoms with Gasteiger partial charge in [-0.1, -0.05) is 5.92 Å². The summed E-state index contributed by atoms with van der Waals surface area (Å²) in [4.78, 5) is 17.4. The first-order valence-corrected chi connectivity index (χ1v) is 5.31. The van der Waals surface area contributed by atoms with E-state index in [9.17, 15) is 10.1 Å². The van der Waals surface area contributed by atoms with Gasteiger partial charge in [-0.3, -0.25) is 10.1 Å². The van der Waals surface area contributed by atoms with Crippen LogP contribution in [-0.2, 0) is 0 Å². The van der Waals surface area contributed by atoms with Gasteiger partial charge >= 0.3 is 0 Å². The lowest BCUT2D eigenvalue weighted by atomic mass is 10.1. The molecule has 2 rings (SSSR count). The fourth-order valence-electron chi connectivity index (χ4n) is 1.50. The van der Waals surface area contributed by atoms with E-state index in [2.05, 4.69) is 21.2 Å². The van der Waals surface area contributed by atoms with Crippen molar-refractivity contribution in [3.63, 3.8) is 0 Å². The van der Waals surface area contributed by atoms with E-state index >= 15 is 0 Å². The Bertz CT molecular complexity index is 652. The van der Waals surface area contributed by atoms with Gasteiger partial charge in [0.2, 0.25) is 5.95 Å². The number of anilines is 1. The van der Waals surface area contributed by atoms with Crippen LogP contribution in [0.3, 0.4) is 0 Å². The number of nitrogens with zero attached hydrogens (tertiary/aromatic N) is 2. The van der Waals surface area contributed by atoms with Crippen LogP contribution in [0.2, 0.25) is 0 Å². The summed E-state index contributed by atoms with van der Waals surface area (Å²) in [7, 11) is 0. The van der Waals surface area contributed by atoms with Gasteiger partial charge in [-0.2, -0.15) is 0 Å². The Morgan fingerprint density at radius 2 is 2.28 bits per heavy atom. The van der Waals surface area contributed by atoms with Gasteiger partial charge in [0.1, 0.15) is 0 Å². The SMILES string of the molecule is C#CC(C)(C)Nc1nc2ccc([N+](=O)[O-])cc2[nH]1. The summed E-state index contributed by atoms with van der Waals surface area (Å²) in [5.41, 5.74) is 0.726. The van der Waals surface area contributed by atoms with E-state index in [-0.39, 0.29) is 5.69 Å². The van der Waals surface area contributed by atoms with Crippen LogP contribution >= 0.6 is 0 Å². The molecule has 0 radical (unpaired) electrons. The lowest BCUT2D eigenvalue weighted by Crippen LogP contribution is -2.28. The minimum Gasteiger partial charge on any atom is -0.340 e. The number of terminal acetylenes is 1. The number of nitrogens with one attached hydrogen (secondary N) is 2. The van der Waals surface area contributed by atoms with Crippen molar-refractivity contribution in [3.05, 3.63) is 28.3 Å². The number of nitro benzene ring substituents is 1. The lowest BCUT2D eigenvalue weighted by molar-refractivity contribution is -0.384. The van der Waals surface area contributed by atoms with Gasteiger partial charge in [0.05, 0.1) is 21.5 Å². The van der Waals surface area contributed by atoms with Crippen LogP contribution in [0.1, 0.15) is 13.8 Å². The maximum atomic E-state index is 10.7. The molecule has 0 saturated heterocycles. The van der Waals surface area contributed by atoms with Gasteiger partial charge in [0.15, 0.2) is 0 Å². The van der Waals surface area contributed by atoms with Gasteiger partial charge in [0, 0.05) is 12.1 Å². The number of rotatable bonds is 3. The fraction of sp³-hybridized carbons (Fsp3) is 0.250. The van der Waals surface area contributed by atoms with Crippen LogP contribution in [0.25, 0.3) is 11.0 Å². The second-order valence-electron chi connectivity index (χ2n) is 4.44. The Morgan fingerprint density at radius 3 is 2.89 bits per heavy atom. The smallest absolute Gasteiger partial charge is 0.271 e. The zero-order valence-corrected chi connectivity index (χ0v) is 10.0. The van der Waals surface area contributed by atoms with Crippen LogP contribution in [0, 0.1) is 22.5 Å². The number of non-ortho nitro benzene ring substituents is 1.